The molecule has 1 fully saturated rings. The van der Waals surface area contributed by atoms with Crippen molar-refractivity contribution in [3.05, 3.63) is 57.8 Å². The quantitative estimate of drug-likeness (QED) is 0.777. The Balaban J connectivity index is 1.69. The van der Waals surface area contributed by atoms with Gasteiger partial charge < -0.3 is 10.2 Å². The number of nitrogens with one attached hydrogen (secondary N) is 1. The smallest absolute Gasteiger partial charge is 0.254 e. The number of rotatable bonds is 6. The molecule has 5 nitrogen and oxygen atoms in total. The zero-order chi connectivity index (χ0) is 19.2. The molecular weight excluding hydrogens is 360 g/mol. The topological polar surface area (TPSA) is 66.5 Å². The van der Waals surface area contributed by atoms with E-state index in [9.17, 15) is 14.4 Å². The average Bonchev–Trinajstić information content (AvgIpc) is 3.26. The minimum absolute atomic E-state index is 0.0383. The van der Waals surface area contributed by atoms with Crippen LogP contribution >= 0.6 is 11.3 Å². The molecule has 2 amide bonds. The average molecular weight is 385 g/mol. The molecule has 1 aromatic heterocycles. The van der Waals surface area contributed by atoms with E-state index in [1.807, 2.05) is 18.4 Å². The van der Waals surface area contributed by atoms with Crippen LogP contribution in [0.25, 0.3) is 0 Å². The number of piperidine rings is 1. The number of benzene rings is 1. The first kappa shape index (κ1) is 19.3. The minimum Gasteiger partial charge on any atom is -0.356 e. The van der Waals surface area contributed by atoms with Crippen molar-refractivity contribution >= 4 is 28.9 Å². The van der Waals surface area contributed by atoms with Crippen LogP contribution in [-0.4, -0.2) is 42.1 Å². The molecule has 1 aliphatic rings. The molecule has 1 aromatic carbocycles. The van der Waals surface area contributed by atoms with Crippen LogP contribution < -0.4 is 5.32 Å². The van der Waals surface area contributed by atoms with Crippen LogP contribution in [0.5, 0.6) is 0 Å². The Kier molecular flexibility index (Phi) is 6.40. The van der Waals surface area contributed by atoms with Gasteiger partial charge in [0, 0.05) is 31.1 Å². The van der Waals surface area contributed by atoms with Gasteiger partial charge in [-0.3, -0.25) is 14.4 Å². The summed E-state index contributed by atoms with van der Waals surface area (Å²) in [5, 5.41) is 4.78. The van der Waals surface area contributed by atoms with E-state index >= 15 is 0 Å². The molecule has 0 spiro atoms. The van der Waals surface area contributed by atoms with Gasteiger partial charge in [0.2, 0.25) is 11.7 Å². The van der Waals surface area contributed by atoms with E-state index in [0.717, 1.165) is 6.42 Å². The summed E-state index contributed by atoms with van der Waals surface area (Å²) in [6.45, 7) is 3.78. The molecule has 0 radical (unpaired) electrons. The van der Waals surface area contributed by atoms with Gasteiger partial charge in [-0.1, -0.05) is 31.2 Å². The maximum Gasteiger partial charge on any atom is 0.254 e. The van der Waals surface area contributed by atoms with Gasteiger partial charge in [-0.25, -0.2) is 0 Å². The van der Waals surface area contributed by atoms with Gasteiger partial charge in [-0.2, -0.15) is 0 Å². The maximum absolute atomic E-state index is 13.0. The number of carbonyl (C=O) groups excluding carboxylic acids is 3. The summed E-state index contributed by atoms with van der Waals surface area (Å²) in [4.78, 5) is 40.3. The molecule has 0 saturated carbocycles. The van der Waals surface area contributed by atoms with Crippen molar-refractivity contribution in [1.82, 2.24) is 10.2 Å². The highest BCUT2D eigenvalue weighted by Crippen LogP contribution is 2.23. The summed E-state index contributed by atoms with van der Waals surface area (Å²) in [6.07, 6.45) is 2.22. The lowest BCUT2D eigenvalue weighted by molar-refractivity contribution is -0.126. The summed E-state index contributed by atoms with van der Waals surface area (Å²) in [7, 11) is 0. The van der Waals surface area contributed by atoms with Gasteiger partial charge in [-0.05, 0) is 36.8 Å². The molecule has 142 valence electrons. The minimum atomic E-state index is -0.136. The summed E-state index contributed by atoms with van der Waals surface area (Å²) in [5.41, 5.74) is 0.873. The summed E-state index contributed by atoms with van der Waals surface area (Å²) >= 11 is 1.37. The van der Waals surface area contributed by atoms with Crippen LogP contribution in [0.4, 0.5) is 0 Å². The number of carbonyl (C=O) groups is 3. The third-order valence-electron chi connectivity index (χ3n) is 4.85. The highest BCUT2D eigenvalue weighted by molar-refractivity contribution is 7.12. The molecule has 6 heteroatoms. The van der Waals surface area contributed by atoms with E-state index in [1.54, 1.807) is 35.2 Å². The number of ketones is 1. The molecule has 0 aliphatic carbocycles. The number of amides is 2. The standard InChI is InChI=1S/C21H24N2O3S/c1-2-11-22-20(25)15-9-12-23(13-10-15)21(26)17-7-4-3-6-16(17)19(24)18-8-5-14-27-18/h3-8,14-15H,2,9-13H2,1H3,(H,22,25). The van der Waals surface area contributed by atoms with E-state index in [1.165, 1.54) is 11.3 Å². The van der Waals surface area contributed by atoms with Crippen LogP contribution in [0.15, 0.2) is 41.8 Å². The fraction of sp³-hybridized carbons (Fsp3) is 0.381. The van der Waals surface area contributed by atoms with Crippen molar-refractivity contribution in [3.63, 3.8) is 0 Å². The Labute approximate surface area is 163 Å². The number of likely N-dealkylation sites (tertiary alicyclic amines) is 1. The van der Waals surface area contributed by atoms with E-state index in [0.29, 0.717) is 48.5 Å². The normalized spacial score (nSPS) is 14.8. The summed E-state index contributed by atoms with van der Waals surface area (Å²) < 4.78 is 0. The molecule has 0 atom stereocenters. The lowest BCUT2D eigenvalue weighted by Crippen LogP contribution is -2.43. The Hall–Kier alpha value is -2.47. The van der Waals surface area contributed by atoms with Gasteiger partial charge in [0.15, 0.2) is 0 Å². The van der Waals surface area contributed by atoms with Gasteiger partial charge in [-0.15, -0.1) is 11.3 Å². The molecule has 0 unspecified atom stereocenters. The SMILES string of the molecule is CCCNC(=O)C1CCN(C(=O)c2ccccc2C(=O)c2cccs2)CC1. The lowest BCUT2D eigenvalue weighted by Gasteiger charge is -2.31. The monoisotopic (exact) mass is 384 g/mol. The maximum atomic E-state index is 13.0. The zero-order valence-corrected chi connectivity index (χ0v) is 16.3. The van der Waals surface area contributed by atoms with Gasteiger partial charge in [0.05, 0.1) is 10.4 Å². The van der Waals surface area contributed by atoms with Crippen molar-refractivity contribution in [2.24, 2.45) is 5.92 Å². The van der Waals surface area contributed by atoms with E-state index in [-0.39, 0.29) is 23.5 Å². The molecule has 3 rings (SSSR count). The fourth-order valence-corrected chi connectivity index (χ4v) is 3.99. The third kappa shape index (κ3) is 4.45. The van der Waals surface area contributed by atoms with Crippen LogP contribution in [0, 0.1) is 5.92 Å². The first-order valence-electron chi connectivity index (χ1n) is 9.36. The fourth-order valence-electron chi connectivity index (χ4n) is 3.32. The van der Waals surface area contributed by atoms with Crippen LogP contribution in [0.2, 0.25) is 0 Å². The van der Waals surface area contributed by atoms with E-state index in [2.05, 4.69) is 5.32 Å². The highest BCUT2D eigenvalue weighted by atomic mass is 32.1. The molecule has 2 aromatic rings. The van der Waals surface area contributed by atoms with Crippen molar-refractivity contribution in [2.75, 3.05) is 19.6 Å². The molecule has 27 heavy (non-hydrogen) atoms. The molecule has 1 aliphatic heterocycles. The van der Waals surface area contributed by atoms with Crippen molar-refractivity contribution in [2.45, 2.75) is 26.2 Å². The summed E-state index contributed by atoms with van der Waals surface area (Å²) in [6, 6.07) is 10.6. The number of hydrogen-bond donors (Lipinski definition) is 1. The van der Waals surface area contributed by atoms with Crippen LogP contribution in [0.1, 0.15) is 51.8 Å². The molecule has 1 N–H and O–H groups in total. The number of nitrogens with zero attached hydrogens (tertiary/aromatic N) is 1. The second-order valence-electron chi connectivity index (χ2n) is 6.71. The van der Waals surface area contributed by atoms with Crippen LogP contribution in [0.3, 0.4) is 0 Å². The molecule has 1 saturated heterocycles. The zero-order valence-electron chi connectivity index (χ0n) is 15.4. The Bertz CT molecular complexity index is 809. The molecular formula is C21H24N2O3S. The Morgan fingerprint density at radius 2 is 1.78 bits per heavy atom. The van der Waals surface area contributed by atoms with Crippen molar-refractivity contribution in [1.29, 1.82) is 0 Å². The van der Waals surface area contributed by atoms with Gasteiger partial charge >= 0.3 is 0 Å². The number of hydrogen-bond acceptors (Lipinski definition) is 4. The number of thiophene rings is 1. The predicted molar refractivity (Wildman–Crippen MR) is 106 cm³/mol. The first-order valence-corrected chi connectivity index (χ1v) is 10.2. The third-order valence-corrected chi connectivity index (χ3v) is 5.72. The second-order valence-corrected chi connectivity index (χ2v) is 7.66. The Morgan fingerprint density at radius 1 is 1.07 bits per heavy atom. The lowest BCUT2D eigenvalue weighted by atomic mass is 9.94. The van der Waals surface area contributed by atoms with Crippen LogP contribution in [-0.2, 0) is 4.79 Å². The predicted octanol–water partition coefficient (Wildman–Crippen LogP) is 3.36. The first-order chi connectivity index (χ1) is 13.1. The largest absolute Gasteiger partial charge is 0.356 e. The molecule has 2 heterocycles. The van der Waals surface area contributed by atoms with Crippen molar-refractivity contribution < 1.29 is 14.4 Å². The molecule has 0 bridgehead atoms. The van der Waals surface area contributed by atoms with Gasteiger partial charge in [0.1, 0.15) is 0 Å². The van der Waals surface area contributed by atoms with E-state index in [4.69, 9.17) is 0 Å². The highest BCUT2D eigenvalue weighted by Gasteiger charge is 2.29. The summed E-state index contributed by atoms with van der Waals surface area (Å²) in [5.74, 6) is -0.216. The second kappa shape index (κ2) is 8.95. The van der Waals surface area contributed by atoms with E-state index < -0.39 is 0 Å². The Morgan fingerprint density at radius 3 is 2.41 bits per heavy atom. The van der Waals surface area contributed by atoms with Gasteiger partial charge in [0.25, 0.3) is 5.91 Å². The van der Waals surface area contributed by atoms with Crippen molar-refractivity contribution in [3.8, 4) is 0 Å².